The van der Waals surface area contributed by atoms with Crippen LogP contribution in [-0.4, -0.2) is 16.1 Å². The highest BCUT2D eigenvalue weighted by Gasteiger charge is 2.23. The molecule has 0 spiro atoms. The van der Waals surface area contributed by atoms with Gasteiger partial charge in [0.2, 0.25) is 5.75 Å². The van der Waals surface area contributed by atoms with Gasteiger partial charge in [0.05, 0.1) is 31.6 Å². The predicted molar refractivity (Wildman–Crippen MR) is 115 cm³/mol. The Morgan fingerprint density at radius 3 is 2.13 bits per heavy atom. The Hall–Kier alpha value is -3.49. The molecule has 10 heteroatoms. The molecule has 152 valence electrons. The van der Waals surface area contributed by atoms with Crippen molar-refractivity contribution in [2.45, 2.75) is 6.92 Å². The highest BCUT2D eigenvalue weighted by Crippen LogP contribution is 2.41. The molecule has 0 amide bonds. The van der Waals surface area contributed by atoms with Crippen molar-refractivity contribution in [1.82, 2.24) is 0 Å². The van der Waals surface area contributed by atoms with Crippen LogP contribution < -0.4 is 4.74 Å². The zero-order valence-electron chi connectivity index (χ0n) is 15.4. The van der Waals surface area contributed by atoms with Gasteiger partial charge in [0.25, 0.3) is 5.69 Å². The van der Waals surface area contributed by atoms with Crippen LogP contribution in [0.1, 0.15) is 11.1 Å². The number of hydrogen-bond acceptors (Lipinski definition) is 6. The maximum atomic E-state index is 11.3. The number of ether oxygens (including phenoxy) is 1. The van der Waals surface area contributed by atoms with Gasteiger partial charge in [-0.3, -0.25) is 25.2 Å². The molecule has 30 heavy (non-hydrogen) atoms. The lowest BCUT2D eigenvalue weighted by Gasteiger charge is -2.10. The van der Waals surface area contributed by atoms with E-state index in [4.69, 9.17) is 27.9 Å². The van der Waals surface area contributed by atoms with Gasteiger partial charge in [-0.15, -0.1) is 0 Å². The van der Waals surface area contributed by atoms with E-state index < -0.39 is 21.2 Å². The maximum Gasteiger partial charge on any atom is 0.318 e. The van der Waals surface area contributed by atoms with Crippen LogP contribution in [0.15, 0.2) is 59.6 Å². The third-order valence-electron chi connectivity index (χ3n) is 3.98. The molecule has 0 aliphatic heterocycles. The number of halogens is 2. The second-order valence-corrected chi connectivity index (χ2v) is 6.99. The minimum atomic E-state index is -0.785. The zero-order chi connectivity index (χ0) is 21.8. The fraction of sp³-hybridized carbons (Fsp3) is 0.0500. The molecule has 0 aliphatic carbocycles. The molecule has 0 saturated heterocycles. The van der Waals surface area contributed by atoms with Gasteiger partial charge in [-0.25, -0.2) is 0 Å². The molecule has 3 rings (SSSR count). The van der Waals surface area contributed by atoms with Gasteiger partial charge in [-0.1, -0.05) is 40.9 Å². The zero-order valence-corrected chi connectivity index (χ0v) is 16.9. The van der Waals surface area contributed by atoms with Crippen molar-refractivity contribution < 1.29 is 14.6 Å². The molecule has 0 saturated carbocycles. The number of aliphatic imine (C=N–C) groups is 1. The summed E-state index contributed by atoms with van der Waals surface area (Å²) in [5.74, 6) is -0.238. The van der Waals surface area contributed by atoms with E-state index in [1.54, 1.807) is 6.21 Å². The van der Waals surface area contributed by atoms with Gasteiger partial charge < -0.3 is 4.74 Å². The van der Waals surface area contributed by atoms with E-state index in [-0.39, 0.29) is 21.5 Å². The van der Waals surface area contributed by atoms with E-state index in [0.29, 0.717) is 5.56 Å². The smallest absolute Gasteiger partial charge is 0.318 e. The van der Waals surface area contributed by atoms with Crippen molar-refractivity contribution in [3.8, 4) is 11.5 Å². The number of benzene rings is 3. The first kappa shape index (κ1) is 21.2. The van der Waals surface area contributed by atoms with Crippen LogP contribution in [0.4, 0.5) is 17.1 Å². The first-order valence-corrected chi connectivity index (χ1v) is 9.20. The number of nitro benzene ring substituents is 2. The third kappa shape index (κ3) is 4.91. The molecular weight excluding hydrogens is 433 g/mol. The molecule has 8 nitrogen and oxygen atoms in total. The number of aryl methyl sites for hydroxylation is 1. The summed E-state index contributed by atoms with van der Waals surface area (Å²) in [5.41, 5.74) is 1.43. The highest BCUT2D eigenvalue weighted by atomic mass is 35.5. The van der Waals surface area contributed by atoms with Crippen LogP contribution in [0.3, 0.4) is 0 Å². The van der Waals surface area contributed by atoms with Gasteiger partial charge in [0.1, 0.15) is 0 Å². The van der Waals surface area contributed by atoms with Gasteiger partial charge >= 0.3 is 5.69 Å². The first-order valence-electron chi connectivity index (χ1n) is 8.45. The summed E-state index contributed by atoms with van der Waals surface area (Å²) in [6.45, 7) is 1.97. The lowest BCUT2D eigenvalue weighted by atomic mass is 10.2. The number of hydrogen-bond donors (Lipinski definition) is 0. The van der Waals surface area contributed by atoms with Crippen LogP contribution >= 0.6 is 23.2 Å². The van der Waals surface area contributed by atoms with Crippen LogP contribution in [0.5, 0.6) is 11.5 Å². The molecule has 3 aromatic carbocycles. The molecule has 0 heterocycles. The Bertz CT molecular complexity index is 1140. The number of non-ortho nitro benzene ring substituents is 1. The molecule has 0 radical (unpaired) electrons. The first-order chi connectivity index (χ1) is 14.2. The second kappa shape index (κ2) is 8.89. The van der Waals surface area contributed by atoms with E-state index in [1.165, 1.54) is 12.1 Å². The standard InChI is InChI=1S/C20H13Cl2N3O5/c1-12-2-4-14(5-3-12)23-11-13-8-16(21)20(17(22)9-13)30-19-7-6-15(24(26)27)10-18(19)25(28)29/h2-11H,1H3. The minimum absolute atomic E-state index is 0.0113. The van der Waals surface area contributed by atoms with Gasteiger partial charge in [-0.05, 0) is 42.8 Å². The third-order valence-corrected chi connectivity index (χ3v) is 4.54. The molecule has 3 aromatic rings. The van der Waals surface area contributed by atoms with Crippen LogP contribution in [0.25, 0.3) is 0 Å². The summed E-state index contributed by atoms with van der Waals surface area (Å²) in [4.78, 5) is 24.9. The van der Waals surface area contributed by atoms with Crippen LogP contribution in [0.2, 0.25) is 10.0 Å². The summed E-state index contributed by atoms with van der Waals surface area (Å²) in [5, 5.41) is 22.3. The van der Waals surface area contributed by atoms with E-state index >= 15 is 0 Å². The monoisotopic (exact) mass is 445 g/mol. The summed E-state index contributed by atoms with van der Waals surface area (Å²) in [6.07, 6.45) is 1.57. The average molecular weight is 446 g/mol. The number of rotatable bonds is 6. The molecule has 0 fully saturated rings. The molecule has 0 aliphatic rings. The molecule has 0 aromatic heterocycles. The van der Waals surface area contributed by atoms with Crippen LogP contribution in [0, 0.1) is 27.2 Å². The van der Waals surface area contributed by atoms with Gasteiger partial charge in [0, 0.05) is 12.3 Å². The number of nitrogens with zero attached hydrogens (tertiary/aromatic N) is 3. The maximum absolute atomic E-state index is 11.3. The quantitative estimate of drug-likeness (QED) is 0.239. The van der Waals surface area contributed by atoms with Gasteiger partial charge in [-0.2, -0.15) is 0 Å². The molecule has 0 atom stereocenters. The lowest BCUT2D eigenvalue weighted by molar-refractivity contribution is -0.394. The Morgan fingerprint density at radius 2 is 1.57 bits per heavy atom. The Morgan fingerprint density at radius 1 is 0.933 bits per heavy atom. The van der Waals surface area contributed by atoms with Crippen molar-refractivity contribution >= 4 is 46.5 Å². The van der Waals surface area contributed by atoms with E-state index in [2.05, 4.69) is 4.99 Å². The summed E-state index contributed by atoms with van der Waals surface area (Å²) in [6, 6.07) is 13.7. The van der Waals surface area contributed by atoms with Crippen molar-refractivity contribution in [3.63, 3.8) is 0 Å². The topological polar surface area (TPSA) is 108 Å². The number of nitro groups is 2. The minimum Gasteiger partial charge on any atom is -0.447 e. The highest BCUT2D eigenvalue weighted by molar-refractivity contribution is 6.37. The predicted octanol–water partition coefficient (Wildman–Crippen LogP) is 6.66. The van der Waals surface area contributed by atoms with Crippen molar-refractivity contribution in [1.29, 1.82) is 0 Å². The second-order valence-electron chi connectivity index (χ2n) is 6.18. The Kier molecular flexibility index (Phi) is 6.29. The van der Waals surface area contributed by atoms with E-state index in [9.17, 15) is 20.2 Å². The van der Waals surface area contributed by atoms with Crippen molar-refractivity contribution in [2.75, 3.05) is 0 Å². The SMILES string of the molecule is Cc1ccc(N=Cc2cc(Cl)c(Oc3ccc([N+](=O)[O-])cc3[N+](=O)[O-])c(Cl)c2)cc1. The largest absolute Gasteiger partial charge is 0.447 e. The Balaban J connectivity index is 1.90. The summed E-state index contributed by atoms with van der Waals surface area (Å²) in [7, 11) is 0. The van der Waals surface area contributed by atoms with Gasteiger partial charge in [0.15, 0.2) is 5.75 Å². The van der Waals surface area contributed by atoms with Crippen molar-refractivity contribution in [3.05, 3.63) is 96.0 Å². The van der Waals surface area contributed by atoms with Crippen molar-refractivity contribution in [2.24, 2.45) is 4.99 Å². The van der Waals surface area contributed by atoms with E-state index in [1.807, 2.05) is 31.2 Å². The molecular formula is C20H13Cl2N3O5. The fourth-order valence-electron chi connectivity index (χ4n) is 2.49. The fourth-order valence-corrected chi connectivity index (χ4v) is 3.07. The molecule has 0 unspecified atom stereocenters. The lowest BCUT2D eigenvalue weighted by Crippen LogP contribution is -1.97. The van der Waals surface area contributed by atoms with Crippen LogP contribution in [-0.2, 0) is 0 Å². The molecule has 0 bridgehead atoms. The Labute approximate surface area is 180 Å². The summed E-state index contributed by atoms with van der Waals surface area (Å²) < 4.78 is 5.53. The molecule has 0 N–H and O–H groups in total. The normalized spacial score (nSPS) is 10.9. The summed E-state index contributed by atoms with van der Waals surface area (Å²) >= 11 is 12.5. The average Bonchev–Trinajstić information content (AvgIpc) is 2.70. The van der Waals surface area contributed by atoms with E-state index in [0.717, 1.165) is 29.4 Å².